The lowest BCUT2D eigenvalue weighted by molar-refractivity contribution is 0.0917. The first-order valence-electron chi connectivity index (χ1n) is 7.59. The molecule has 3 rings (SSSR count). The van der Waals surface area contributed by atoms with Gasteiger partial charge in [0.25, 0.3) is 5.91 Å². The number of benzene rings is 2. The maximum atomic E-state index is 12.1. The number of amides is 1. The van der Waals surface area contributed by atoms with E-state index in [1.54, 1.807) is 18.2 Å². The minimum Gasteiger partial charge on any atom is -0.487 e. The van der Waals surface area contributed by atoms with Gasteiger partial charge in [-0.1, -0.05) is 30.3 Å². The van der Waals surface area contributed by atoms with Crippen LogP contribution in [0.5, 0.6) is 5.75 Å². The van der Waals surface area contributed by atoms with E-state index in [9.17, 15) is 4.79 Å². The Morgan fingerprint density at radius 2 is 1.95 bits per heavy atom. The summed E-state index contributed by atoms with van der Waals surface area (Å²) in [5.74, 6) is 0.537. The Labute approximate surface area is 130 Å². The first-order chi connectivity index (χ1) is 10.7. The summed E-state index contributed by atoms with van der Waals surface area (Å²) in [5.41, 5.74) is 8.14. The van der Waals surface area contributed by atoms with Crippen molar-refractivity contribution < 1.29 is 9.53 Å². The topological polar surface area (TPSA) is 64.4 Å². The molecule has 0 aromatic heterocycles. The molecule has 0 spiro atoms. The third-order valence-electron chi connectivity index (χ3n) is 3.95. The van der Waals surface area contributed by atoms with Gasteiger partial charge < -0.3 is 15.8 Å². The van der Waals surface area contributed by atoms with Crippen molar-refractivity contribution in [2.45, 2.75) is 31.9 Å². The van der Waals surface area contributed by atoms with Crippen LogP contribution < -0.4 is 15.8 Å². The Hall–Kier alpha value is -2.49. The quantitative estimate of drug-likeness (QED) is 0.833. The minimum absolute atomic E-state index is 0.0639. The Morgan fingerprint density at radius 1 is 1.18 bits per heavy atom. The number of nitrogens with one attached hydrogen (secondary N) is 1. The molecule has 4 heteroatoms. The summed E-state index contributed by atoms with van der Waals surface area (Å²) in [4.78, 5) is 12.1. The molecule has 0 bridgehead atoms. The average Bonchev–Trinajstić information content (AvgIpc) is 2.50. The van der Waals surface area contributed by atoms with Crippen molar-refractivity contribution in [2.75, 3.05) is 5.73 Å². The second-order valence-corrected chi connectivity index (χ2v) is 5.63. The molecule has 0 radical (unpaired) electrons. The van der Waals surface area contributed by atoms with E-state index in [2.05, 4.69) is 5.32 Å². The van der Waals surface area contributed by atoms with E-state index in [4.69, 9.17) is 10.5 Å². The van der Waals surface area contributed by atoms with Gasteiger partial charge in [0.2, 0.25) is 0 Å². The Bertz CT molecular complexity index is 651. The standard InChI is InChI=1S/C18H20N2O2/c19-16-11-14(18(21)20-15-7-4-8-15)9-10-17(16)22-12-13-5-2-1-3-6-13/h1-3,5-6,9-11,15H,4,7-8,12,19H2,(H,20,21). The summed E-state index contributed by atoms with van der Waals surface area (Å²) in [6.45, 7) is 0.457. The van der Waals surface area contributed by atoms with E-state index in [1.807, 2.05) is 30.3 Å². The number of nitrogen functional groups attached to an aromatic ring is 1. The second kappa shape index (κ2) is 6.52. The van der Waals surface area contributed by atoms with E-state index in [1.165, 1.54) is 6.42 Å². The molecule has 1 amide bonds. The van der Waals surface area contributed by atoms with Crippen LogP contribution >= 0.6 is 0 Å². The van der Waals surface area contributed by atoms with Gasteiger partial charge in [-0.15, -0.1) is 0 Å². The normalized spacial score (nSPS) is 14.2. The van der Waals surface area contributed by atoms with E-state index >= 15 is 0 Å². The zero-order chi connectivity index (χ0) is 15.4. The maximum absolute atomic E-state index is 12.1. The lowest BCUT2D eigenvalue weighted by Crippen LogP contribution is -2.39. The van der Waals surface area contributed by atoms with Crippen molar-refractivity contribution in [2.24, 2.45) is 0 Å². The third kappa shape index (κ3) is 3.39. The molecule has 114 valence electrons. The molecule has 2 aromatic carbocycles. The molecule has 1 aliphatic rings. The average molecular weight is 296 g/mol. The molecule has 0 saturated heterocycles. The number of carbonyl (C=O) groups excluding carboxylic acids is 1. The highest BCUT2D eigenvalue weighted by molar-refractivity contribution is 5.95. The summed E-state index contributed by atoms with van der Waals surface area (Å²) >= 11 is 0. The molecule has 0 heterocycles. The van der Waals surface area contributed by atoms with Crippen molar-refractivity contribution in [3.05, 3.63) is 59.7 Å². The summed E-state index contributed by atoms with van der Waals surface area (Å²) in [7, 11) is 0. The molecule has 4 nitrogen and oxygen atoms in total. The summed E-state index contributed by atoms with van der Waals surface area (Å²) in [6.07, 6.45) is 3.33. The Morgan fingerprint density at radius 3 is 2.59 bits per heavy atom. The maximum Gasteiger partial charge on any atom is 0.251 e. The highest BCUT2D eigenvalue weighted by Crippen LogP contribution is 2.24. The summed E-state index contributed by atoms with van der Waals surface area (Å²) < 4.78 is 5.71. The van der Waals surface area contributed by atoms with E-state index in [0.717, 1.165) is 18.4 Å². The molecule has 1 saturated carbocycles. The third-order valence-corrected chi connectivity index (χ3v) is 3.95. The number of hydrogen-bond donors (Lipinski definition) is 2. The van der Waals surface area contributed by atoms with Crippen LogP contribution in [-0.4, -0.2) is 11.9 Å². The van der Waals surface area contributed by atoms with Gasteiger partial charge in [-0.05, 0) is 43.0 Å². The van der Waals surface area contributed by atoms with Crippen LogP contribution in [0.4, 0.5) is 5.69 Å². The molecule has 22 heavy (non-hydrogen) atoms. The molecule has 3 N–H and O–H groups in total. The molecule has 1 aliphatic carbocycles. The van der Waals surface area contributed by atoms with Crippen molar-refractivity contribution in [1.29, 1.82) is 0 Å². The van der Waals surface area contributed by atoms with Crippen LogP contribution in [0.3, 0.4) is 0 Å². The monoisotopic (exact) mass is 296 g/mol. The number of nitrogens with two attached hydrogens (primary N) is 1. The predicted octanol–water partition coefficient (Wildman–Crippen LogP) is 3.13. The number of hydrogen-bond acceptors (Lipinski definition) is 3. The van der Waals surface area contributed by atoms with Crippen molar-refractivity contribution in [3.63, 3.8) is 0 Å². The SMILES string of the molecule is Nc1cc(C(=O)NC2CCC2)ccc1OCc1ccccc1. The molecular weight excluding hydrogens is 276 g/mol. The molecule has 0 atom stereocenters. The smallest absolute Gasteiger partial charge is 0.251 e. The number of rotatable bonds is 5. The fourth-order valence-electron chi connectivity index (χ4n) is 2.38. The lowest BCUT2D eigenvalue weighted by Gasteiger charge is -2.26. The van der Waals surface area contributed by atoms with E-state index in [0.29, 0.717) is 29.6 Å². The van der Waals surface area contributed by atoms with Gasteiger partial charge >= 0.3 is 0 Å². The zero-order valence-electron chi connectivity index (χ0n) is 12.4. The first-order valence-corrected chi connectivity index (χ1v) is 7.59. The van der Waals surface area contributed by atoms with Gasteiger partial charge in [-0.3, -0.25) is 4.79 Å². The number of carbonyl (C=O) groups is 1. The second-order valence-electron chi connectivity index (χ2n) is 5.63. The summed E-state index contributed by atoms with van der Waals surface area (Å²) in [5, 5.41) is 3.00. The molecule has 0 aliphatic heterocycles. The molecule has 0 unspecified atom stereocenters. The van der Waals surface area contributed by atoms with Gasteiger partial charge in [0, 0.05) is 11.6 Å². The van der Waals surface area contributed by atoms with Crippen LogP contribution in [0.1, 0.15) is 35.2 Å². The summed E-state index contributed by atoms with van der Waals surface area (Å²) in [6, 6.07) is 15.4. The van der Waals surface area contributed by atoms with Crippen LogP contribution in [-0.2, 0) is 6.61 Å². The van der Waals surface area contributed by atoms with Gasteiger partial charge in [0.15, 0.2) is 0 Å². The Kier molecular flexibility index (Phi) is 4.28. The van der Waals surface area contributed by atoms with Crippen LogP contribution in [0, 0.1) is 0 Å². The number of anilines is 1. The molecular formula is C18H20N2O2. The highest BCUT2D eigenvalue weighted by atomic mass is 16.5. The van der Waals surface area contributed by atoms with Crippen molar-refractivity contribution in [3.8, 4) is 5.75 Å². The van der Waals surface area contributed by atoms with Crippen LogP contribution in [0.15, 0.2) is 48.5 Å². The molecule has 1 fully saturated rings. The fraction of sp³-hybridized carbons (Fsp3) is 0.278. The van der Waals surface area contributed by atoms with Crippen molar-refractivity contribution in [1.82, 2.24) is 5.32 Å². The van der Waals surface area contributed by atoms with E-state index in [-0.39, 0.29) is 5.91 Å². The first kappa shape index (κ1) is 14.4. The minimum atomic E-state index is -0.0639. The zero-order valence-corrected chi connectivity index (χ0v) is 12.4. The van der Waals surface area contributed by atoms with Gasteiger partial charge in [-0.25, -0.2) is 0 Å². The largest absolute Gasteiger partial charge is 0.487 e. The predicted molar refractivity (Wildman–Crippen MR) is 86.7 cm³/mol. The molecule has 2 aromatic rings. The fourth-order valence-corrected chi connectivity index (χ4v) is 2.38. The van der Waals surface area contributed by atoms with Gasteiger partial charge in [-0.2, -0.15) is 0 Å². The van der Waals surface area contributed by atoms with Gasteiger partial charge in [0.05, 0.1) is 5.69 Å². The van der Waals surface area contributed by atoms with Crippen LogP contribution in [0.25, 0.3) is 0 Å². The highest BCUT2D eigenvalue weighted by Gasteiger charge is 2.20. The van der Waals surface area contributed by atoms with Crippen molar-refractivity contribution >= 4 is 11.6 Å². The van der Waals surface area contributed by atoms with Crippen LogP contribution in [0.2, 0.25) is 0 Å². The number of ether oxygens (including phenoxy) is 1. The van der Waals surface area contributed by atoms with E-state index < -0.39 is 0 Å². The van der Waals surface area contributed by atoms with Gasteiger partial charge in [0.1, 0.15) is 12.4 Å². The Balaban J connectivity index is 1.62. The lowest BCUT2D eigenvalue weighted by atomic mass is 9.93.